The maximum atomic E-state index is 13.2. The molecular formula is C14H20FN3O2. The van der Waals surface area contributed by atoms with Crippen molar-refractivity contribution in [2.75, 3.05) is 24.5 Å². The van der Waals surface area contributed by atoms with E-state index in [-0.39, 0.29) is 11.6 Å². The molecule has 0 bridgehead atoms. The van der Waals surface area contributed by atoms with E-state index in [2.05, 4.69) is 10.3 Å². The van der Waals surface area contributed by atoms with Crippen molar-refractivity contribution in [2.45, 2.75) is 32.2 Å². The van der Waals surface area contributed by atoms with Crippen LogP contribution in [0.3, 0.4) is 0 Å². The summed E-state index contributed by atoms with van der Waals surface area (Å²) in [6.07, 6.45) is 3.86. The van der Waals surface area contributed by atoms with E-state index in [1.165, 1.54) is 0 Å². The molecule has 0 aromatic carbocycles. The quantitative estimate of drug-likeness (QED) is 0.863. The Balaban J connectivity index is 2.35. The lowest BCUT2D eigenvalue weighted by Crippen LogP contribution is -2.44. The van der Waals surface area contributed by atoms with Gasteiger partial charge in [0.1, 0.15) is 17.2 Å². The minimum absolute atomic E-state index is 0.0583. The minimum atomic E-state index is -1.14. The Morgan fingerprint density at radius 3 is 2.85 bits per heavy atom. The summed E-state index contributed by atoms with van der Waals surface area (Å²) in [5, 5.41) is 12.5. The molecule has 0 amide bonds. The Labute approximate surface area is 117 Å². The van der Waals surface area contributed by atoms with Gasteiger partial charge in [-0.25, -0.2) is 14.2 Å². The summed E-state index contributed by atoms with van der Waals surface area (Å²) >= 11 is 0. The smallest absolute Gasteiger partial charge is 0.339 e. The van der Waals surface area contributed by atoms with Gasteiger partial charge in [0, 0.05) is 12.6 Å². The Hall–Kier alpha value is -1.69. The second-order valence-electron chi connectivity index (χ2n) is 5.00. The van der Waals surface area contributed by atoms with Gasteiger partial charge in [-0.15, -0.1) is 0 Å². The van der Waals surface area contributed by atoms with Crippen molar-refractivity contribution in [1.29, 1.82) is 0 Å². The Morgan fingerprint density at radius 1 is 1.55 bits per heavy atom. The number of carbonyl (C=O) groups is 1. The summed E-state index contributed by atoms with van der Waals surface area (Å²) in [4.78, 5) is 17.4. The van der Waals surface area contributed by atoms with Crippen molar-refractivity contribution >= 4 is 11.8 Å². The zero-order chi connectivity index (χ0) is 14.5. The van der Waals surface area contributed by atoms with Crippen LogP contribution in [0, 0.1) is 5.82 Å². The highest BCUT2D eigenvalue weighted by Gasteiger charge is 2.25. The molecule has 1 aromatic rings. The van der Waals surface area contributed by atoms with Crippen LogP contribution >= 0.6 is 0 Å². The van der Waals surface area contributed by atoms with Crippen LogP contribution in [0.1, 0.15) is 36.5 Å². The zero-order valence-electron chi connectivity index (χ0n) is 11.6. The third-order valence-corrected chi connectivity index (χ3v) is 3.55. The molecule has 0 spiro atoms. The fourth-order valence-electron chi connectivity index (χ4n) is 2.64. The summed E-state index contributed by atoms with van der Waals surface area (Å²) in [5.74, 6) is -1.37. The van der Waals surface area contributed by atoms with Gasteiger partial charge in [-0.2, -0.15) is 0 Å². The van der Waals surface area contributed by atoms with Gasteiger partial charge in [0.2, 0.25) is 0 Å². The first-order valence-electron chi connectivity index (χ1n) is 6.99. The number of piperidine rings is 1. The number of hydrogen-bond acceptors (Lipinski definition) is 4. The second-order valence-corrected chi connectivity index (χ2v) is 5.00. The molecule has 1 aliphatic rings. The average molecular weight is 281 g/mol. The molecule has 2 heterocycles. The third kappa shape index (κ3) is 3.25. The number of carboxylic acid groups (broad SMARTS) is 1. The van der Waals surface area contributed by atoms with E-state index in [1.54, 1.807) is 0 Å². The van der Waals surface area contributed by atoms with E-state index in [1.807, 2.05) is 11.8 Å². The fraction of sp³-hybridized carbons (Fsp3) is 0.571. The van der Waals surface area contributed by atoms with Crippen LogP contribution in [-0.4, -0.2) is 41.7 Å². The first kappa shape index (κ1) is 14.7. The van der Waals surface area contributed by atoms with Crippen LogP contribution < -0.4 is 10.2 Å². The maximum absolute atomic E-state index is 13.2. The predicted molar refractivity (Wildman–Crippen MR) is 74.7 cm³/mol. The number of rotatable bonds is 5. The molecule has 2 rings (SSSR count). The van der Waals surface area contributed by atoms with Gasteiger partial charge < -0.3 is 15.3 Å². The van der Waals surface area contributed by atoms with E-state index < -0.39 is 11.8 Å². The van der Waals surface area contributed by atoms with Gasteiger partial charge in [0.05, 0.1) is 6.20 Å². The van der Waals surface area contributed by atoms with Gasteiger partial charge in [0.15, 0.2) is 0 Å². The molecule has 0 unspecified atom stereocenters. The first-order chi connectivity index (χ1) is 9.63. The number of nitrogens with one attached hydrogen (secondary N) is 1. The molecular weight excluding hydrogens is 261 g/mol. The van der Waals surface area contributed by atoms with Gasteiger partial charge in [0.25, 0.3) is 0 Å². The van der Waals surface area contributed by atoms with Crippen LogP contribution in [0.5, 0.6) is 0 Å². The molecule has 110 valence electrons. The van der Waals surface area contributed by atoms with E-state index in [0.717, 1.165) is 51.2 Å². The number of hydrogen-bond donors (Lipinski definition) is 2. The van der Waals surface area contributed by atoms with Crippen molar-refractivity contribution in [2.24, 2.45) is 0 Å². The maximum Gasteiger partial charge on any atom is 0.339 e. The monoisotopic (exact) mass is 281 g/mol. The van der Waals surface area contributed by atoms with Crippen LogP contribution in [0.2, 0.25) is 0 Å². The van der Waals surface area contributed by atoms with Gasteiger partial charge in [-0.3, -0.25) is 0 Å². The molecule has 1 aromatic heterocycles. The van der Waals surface area contributed by atoms with E-state index in [4.69, 9.17) is 0 Å². The van der Waals surface area contributed by atoms with E-state index in [9.17, 15) is 14.3 Å². The summed E-state index contributed by atoms with van der Waals surface area (Å²) in [5.41, 5.74) is -0.0583. The second kappa shape index (κ2) is 6.65. The predicted octanol–water partition coefficient (Wildman–Crippen LogP) is 1.89. The van der Waals surface area contributed by atoms with E-state index in [0.29, 0.717) is 5.82 Å². The average Bonchev–Trinajstić information content (AvgIpc) is 2.46. The lowest BCUT2D eigenvalue weighted by atomic mass is 10.0. The van der Waals surface area contributed by atoms with Crippen LogP contribution in [-0.2, 0) is 0 Å². The molecule has 1 saturated heterocycles. The number of halogens is 1. The summed E-state index contributed by atoms with van der Waals surface area (Å²) in [6, 6.07) is 1.31. The molecule has 20 heavy (non-hydrogen) atoms. The largest absolute Gasteiger partial charge is 0.478 e. The number of aromatic carboxylic acids is 1. The lowest BCUT2D eigenvalue weighted by molar-refractivity contribution is 0.0696. The highest BCUT2D eigenvalue weighted by Crippen LogP contribution is 2.24. The van der Waals surface area contributed by atoms with Crippen molar-refractivity contribution in [1.82, 2.24) is 10.3 Å². The third-order valence-electron chi connectivity index (χ3n) is 3.55. The number of aromatic nitrogens is 1. The summed E-state index contributed by atoms with van der Waals surface area (Å²) < 4.78 is 13.2. The molecule has 0 radical (unpaired) electrons. The highest BCUT2D eigenvalue weighted by atomic mass is 19.1. The number of carboxylic acids is 1. The molecule has 0 aliphatic carbocycles. The van der Waals surface area contributed by atoms with Crippen LogP contribution in [0.4, 0.5) is 10.2 Å². The fourth-order valence-corrected chi connectivity index (χ4v) is 2.64. The molecule has 6 heteroatoms. The van der Waals surface area contributed by atoms with Crippen molar-refractivity contribution in [3.05, 3.63) is 23.6 Å². The SMILES string of the molecule is CCCN(c1ncc(F)cc1C(=O)O)C1CCNCC1. The Kier molecular flexibility index (Phi) is 4.89. The minimum Gasteiger partial charge on any atom is -0.478 e. The highest BCUT2D eigenvalue weighted by molar-refractivity contribution is 5.93. The number of pyridine rings is 1. The van der Waals surface area contributed by atoms with Crippen molar-refractivity contribution in [3.8, 4) is 0 Å². The van der Waals surface area contributed by atoms with Gasteiger partial charge >= 0.3 is 5.97 Å². The van der Waals surface area contributed by atoms with Crippen LogP contribution in [0.15, 0.2) is 12.3 Å². The molecule has 1 aliphatic heterocycles. The normalized spacial score (nSPS) is 16.1. The Bertz CT molecular complexity index is 475. The summed E-state index contributed by atoms with van der Waals surface area (Å²) in [6.45, 7) is 4.59. The van der Waals surface area contributed by atoms with Gasteiger partial charge in [-0.1, -0.05) is 6.92 Å². The Morgan fingerprint density at radius 2 is 2.25 bits per heavy atom. The molecule has 2 N–H and O–H groups in total. The summed E-state index contributed by atoms with van der Waals surface area (Å²) in [7, 11) is 0. The molecule has 0 atom stereocenters. The first-order valence-corrected chi connectivity index (χ1v) is 6.99. The van der Waals surface area contributed by atoms with Crippen molar-refractivity contribution in [3.63, 3.8) is 0 Å². The molecule has 1 fully saturated rings. The standard InChI is InChI=1S/C14H20FN3O2/c1-2-7-18(11-3-5-16-6-4-11)13-12(14(19)20)8-10(15)9-17-13/h8-9,11,16H,2-7H2,1H3,(H,19,20). The molecule has 5 nitrogen and oxygen atoms in total. The number of nitrogens with zero attached hydrogens (tertiary/aromatic N) is 2. The lowest BCUT2D eigenvalue weighted by Gasteiger charge is -2.36. The molecule has 0 saturated carbocycles. The topological polar surface area (TPSA) is 65.5 Å². The van der Waals surface area contributed by atoms with Crippen LogP contribution in [0.25, 0.3) is 0 Å². The zero-order valence-corrected chi connectivity index (χ0v) is 11.6. The number of anilines is 1. The van der Waals surface area contributed by atoms with Crippen molar-refractivity contribution < 1.29 is 14.3 Å². The van der Waals surface area contributed by atoms with Gasteiger partial charge in [-0.05, 0) is 38.4 Å². The van der Waals surface area contributed by atoms with E-state index >= 15 is 0 Å².